The number of halogens is 1. The molecule has 0 bridgehead atoms. The van der Waals surface area contributed by atoms with E-state index in [0.717, 1.165) is 55.8 Å². The highest BCUT2D eigenvalue weighted by atomic mass is 32.2. The highest BCUT2D eigenvalue weighted by Crippen LogP contribution is 2.50. The fourth-order valence-corrected chi connectivity index (χ4v) is 6.45. The maximum absolute atomic E-state index is 14.3. The Morgan fingerprint density at radius 2 is 1.93 bits per heavy atom. The van der Waals surface area contributed by atoms with Crippen LogP contribution < -0.4 is 4.74 Å². The number of hydrogen-bond donors (Lipinski definition) is 0. The molecule has 0 radical (unpaired) electrons. The molecule has 4 aromatic rings. The molecule has 12 heteroatoms. The molecule has 0 unspecified atom stereocenters. The summed E-state index contributed by atoms with van der Waals surface area (Å²) < 4.78 is 27.5. The number of rotatable bonds is 11. The van der Waals surface area contributed by atoms with Crippen LogP contribution in [0.3, 0.4) is 0 Å². The molecule has 1 saturated heterocycles. The van der Waals surface area contributed by atoms with Crippen LogP contribution >= 0.6 is 11.8 Å². The second kappa shape index (κ2) is 13.2. The summed E-state index contributed by atoms with van der Waals surface area (Å²) in [7, 11) is 1.34. The minimum Gasteiger partial charge on any atom is -0.474 e. The Morgan fingerprint density at radius 3 is 2.64 bits per heavy atom. The number of thioether (sulfide) groups is 1. The van der Waals surface area contributed by atoms with Crippen LogP contribution in [0.4, 0.5) is 4.39 Å². The largest absolute Gasteiger partial charge is 0.474 e. The molecule has 1 saturated carbocycles. The Kier molecular flexibility index (Phi) is 8.97. The Balaban J connectivity index is 1.08. The van der Waals surface area contributed by atoms with Gasteiger partial charge < -0.3 is 14.0 Å². The van der Waals surface area contributed by atoms with Crippen LogP contribution in [0, 0.1) is 33.9 Å². The van der Waals surface area contributed by atoms with E-state index in [1.54, 1.807) is 24.3 Å². The highest BCUT2D eigenvalue weighted by Gasteiger charge is 2.43. The van der Waals surface area contributed by atoms with E-state index in [-0.39, 0.29) is 17.2 Å². The van der Waals surface area contributed by atoms with Crippen LogP contribution in [0.2, 0.25) is 0 Å². The number of imidazole rings is 1. The van der Waals surface area contributed by atoms with Crippen molar-refractivity contribution in [1.82, 2.24) is 24.4 Å². The van der Waals surface area contributed by atoms with Crippen molar-refractivity contribution >= 4 is 28.9 Å². The first-order valence-corrected chi connectivity index (χ1v) is 15.9. The van der Waals surface area contributed by atoms with Crippen LogP contribution in [0.1, 0.15) is 59.7 Å². The molecular weight excluding hydrogens is 593 g/mol. The van der Waals surface area contributed by atoms with Gasteiger partial charge in [-0.25, -0.2) is 24.1 Å². The fourth-order valence-electron chi connectivity index (χ4n) is 5.62. The molecule has 0 amide bonds. The van der Waals surface area contributed by atoms with Gasteiger partial charge in [0.2, 0.25) is 5.88 Å². The second-order valence-corrected chi connectivity index (χ2v) is 12.6. The summed E-state index contributed by atoms with van der Waals surface area (Å²) in [6.45, 7) is 2.88. The Bertz CT molecular complexity index is 1800. The van der Waals surface area contributed by atoms with Gasteiger partial charge >= 0.3 is 5.97 Å². The summed E-state index contributed by atoms with van der Waals surface area (Å²) in [4.78, 5) is 29.1. The number of carbonyl (C=O) groups is 1. The van der Waals surface area contributed by atoms with Crippen LogP contribution in [0.25, 0.3) is 11.2 Å². The lowest BCUT2D eigenvalue weighted by Gasteiger charge is -2.31. The summed E-state index contributed by atoms with van der Waals surface area (Å²) in [6.07, 6.45) is 4.10. The van der Waals surface area contributed by atoms with Crippen molar-refractivity contribution < 1.29 is 18.7 Å². The fraction of sp³-hybridized carbons (Fsp3) is 0.394. The lowest BCUT2D eigenvalue weighted by molar-refractivity contribution is 0.0594. The lowest BCUT2D eigenvalue weighted by Crippen LogP contribution is -2.38. The maximum Gasteiger partial charge on any atom is 0.356 e. The van der Waals surface area contributed by atoms with Crippen LogP contribution in [-0.4, -0.2) is 56.7 Å². The first kappa shape index (κ1) is 30.5. The number of likely N-dealkylation sites (tertiary alicyclic amines) is 1. The summed E-state index contributed by atoms with van der Waals surface area (Å²) >= 11 is 1.33. The number of aromatic nitrogens is 4. The zero-order chi connectivity index (χ0) is 31.4. The molecule has 10 nitrogen and oxygen atoms in total. The summed E-state index contributed by atoms with van der Waals surface area (Å²) in [5, 5.41) is 18.4. The van der Waals surface area contributed by atoms with E-state index in [4.69, 9.17) is 19.7 Å². The van der Waals surface area contributed by atoms with E-state index < -0.39 is 11.8 Å². The molecule has 0 atom stereocenters. The third-order valence-electron chi connectivity index (χ3n) is 8.38. The number of nitrogens with zero attached hydrogens (tertiary/aromatic N) is 7. The van der Waals surface area contributed by atoms with Crippen molar-refractivity contribution in [2.24, 2.45) is 5.41 Å². The number of benzene rings is 1. The first-order valence-electron chi connectivity index (χ1n) is 14.9. The SMILES string of the molecule is COC(=O)c1ccc2nc(CN3CCC(Oc4cccc(CSc5ccc(C#N)cc5F)n4)CC3)n(CC3(CC#N)CC3)c2n1. The Labute approximate surface area is 264 Å². The zero-order valence-corrected chi connectivity index (χ0v) is 25.7. The van der Waals surface area contributed by atoms with Gasteiger partial charge in [0.05, 0.1) is 37.1 Å². The average molecular weight is 626 g/mol. The molecular formula is C33H32FN7O3S. The normalized spacial score (nSPS) is 16.2. The summed E-state index contributed by atoms with van der Waals surface area (Å²) in [5.74, 6) is 0.989. The Morgan fingerprint density at radius 1 is 1.11 bits per heavy atom. The quantitative estimate of drug-likeness (QED) is 0.152. The van der Waals surface area contributed by atoms with Crippen molar-refractivity contribution in [3.63, 3.8) is 0 Å². The number of hydrogen-bond acceptors (Lipinski definition) is 10. The smallest absolute Gasteiger partial charge is 0.356 e. The monoisotopic (exact) mass is 625 g/mol. The molecule has 0 N–H and O–H groups in total. The van der Waals surface area contributed by atoms with Crippen LogP contribution in [0.15, 0.2) is 53.4 Å². The average Bonchev–Trinajstić information content (AvgIpc) is 3.74. The van der Waals surface area contributed by atoms with Gasteiger partial charge in [-0.1, -0.05) is 6.07 Å². The molecule has 3 aromatic heterocycles. The summed E-state index contributed by atoms with van der Waals surface area (Å²) in [6, 6.07) is 17.8. The number of methoxy groups -OCH3 is 1. The molecule has 230 valence electrons. The van der Waals surface area contributed by atoms with Gasteiger partial charge in [-0.2, -0.15) is 10.5 Å². The van der Waals surface area contributed by atoms with Gasteiger partial charge in [0.1, 0.15) is 23.3 Å². The van der Waals surface area contributed by atoms with Gasteiger partial charge in [0, 0.05) is 48.2 Å². The molecule has 2 fully saturated rings. The summed E-state index contributed by atoms with van der Waals surface area (Å²) in [5.41, 5.74) is 2.60. The van der Waals surface area contributed by atoms with E-state index in [0.29, 0.717) is 47.2 Å². The van der Waals surface area contributed by atoms with Gasteiger partial charge in [-0.05, 0) is 62.1 Å². The number of nitriles is 2. The number of esters is 1. The van der Waals surface area contributed by atoms with E-state index in [1.807, 2.05) is 24.3 Å². The minimum absolute atomic E-state index is 0.0149. The van der Waals surface area contributed by atoms with E-state index in [2.05, 4.69) is 25.5 Å². The molecule has 1 aliphatic heterocycles. The van der Waals surface area contributed by atoms with Gasteiger partial charge in [0.15, 0.2) is 11.3 Å². The van der Waals surface area contributed by atoms with E-state index in [1.165, 1.54) is 24.9 Å². The maximum atomic E-state index is 14.3. The third-order valence-corrected chi connectivity index (χ3v) is 9.46. The third kappa shape index (κ3) is 7.08. The molecule has 1 aliphatic carbocycles. The number of carbonyl (C=O) groups excluding carboxylic acids is 1. The van der Waals surface area contributed by atoms with E-state index in [9.17, 15) is 14.4 Å². The van der Waals surface area contributed by atoms with Gasteiger partial charge in [-0.3, -0.25) is 4.90 Å². The minimum atomic E-state index is -0.495. The predicted octanol–water partition coefficient (Wildman–Crippen LogP) is 5.65. The van der Waals surface area contributed by atoms with Crippen LogP contribution in [0.5, 0.6) is 5.88 Å². The molecule has 0 spiro atoms. The van der Waals surface area contributed by atoms with Crippen molar-refractivity contribution in [2.75, 3.05) is 20.2 Å². The van der Waals surface area contributed by atoms with Crippen LogP contribution in [-0.2, 0) is 23.6 Å². The molecule has 1 aromatic carbocycles. The first-order chi connectivity index (χ1) is 21.9. The van der Waals surface area contributed by atoms with Crippen molar-refractivity contribution in [3.8, 4) is 18.0 Å². The topological polar surface area (TPSA) is 130 Å². The highest BCUT2D eigenvalue weighted by molar-refractivity contribution is 7.98. The van der Waals surface area contributed by atoms with Crippen molar-refractivity contribution in [1.29, 1.82) is 10.5 Å². The Hall–Kier alpha value is -4.52. The molecule has 6 rings (SSSR count). The predicted molar refractivity (Wildman–Crippen MR) is 165 cm³/mol. The van der Waals surface area contributed by atoms with Crippen molar-refractivity contribution in [3.05, 3.63) is 77.1 Å². The number of ether oxygens (including phenoxy) is 2. The molecule has 45 heavy (non-hydrogen) atoms. The zero-order valence-electron chi connectivity index (χ0n) is 24.9. The van der Waals surface area contributed by atoms with E-state index >= 15 is 0 Å². The van der Waals surface area contributed by atoms with Gasteiger partial charge in [0.25, 0.3) is 0 Å². The number of fused-ring (bicyclic) bond motifs is 1. The van der Waals surface area contributed by atoms with Gasteiger partial charge in [-0.15, -0.1) is 11.8 Å². The van der Waals surface area contributed by atoms with Crippen molar-refractivity contribution in [2.45, 2.75) is 61.9 Å². The molecule has 2 aliphatic rings. The number of pyridine rings is 2. The number of piperidine rings is 1. The standard InChI is InChI=1S/C33H32FN7O3S/c1-43-32(42)27-7-6-26-31(39-27)41(21-33(11-12-33)13-14-35)29(38-26)19-40-15-9-24(10-16-40)44-30-4-2-3-23(37-30)20-45-28-8-5-22(18-36)17-25(28)34/h2-8,17,24H,9-13,15-16,19-21H2,1H3. The molecule has 4 heterocycles. The second-order valence-electron chi connectivity index (χ2n) is 11.6. The lowest BCUT2D eigenvalue weighted by atomic mass is 10.0.